The summed E-state index contributed by atoms with van der Waals surface area (Å²) in [5.74, 6) is -1.23. The predicted molar refractivity (Wildman–Crippen MR) is 80.1 cm³/mol. The summed E-state index contributed by atoms with van der Waals surface area (Å²) in [6.45, 7) is 5.38. The van der Waals surface area contributed by atoms with Gasteiger partial charge in [-0.3, -0.25) is 9.59 Å². The topological polar surface area (TPSA) is 66.4 Å². The van der Waals surface area contributed by atoms with Gasteiger partial charge in [0.05, 0.1) is 5.41 Å². The van der Waals surface area contributed by atoms with E-state index >= 15 is 0 Å². The Kier molecular flexibility index (Phi) is 5.57. The van der Waals surface area contributed by atoms with Crippen molar-refractivity contribution in [2.24, 2.45) is 5.41 Å². The van der Waals surface area contributed by atoms with Crippen LogP contribution in [-0.2, 0) is 9.59 Å². The molecule has 0 aromatic heterocycles. The first-order valence-corrected chi connectivity index (χ1v) is 7.02. The van der Waals surface area contributed by atoms with E-state index in [0.29, 0.717) is 23.6 Å². The first-order valence-electron chi connectivity index (χ1n) is 6.64. The van der Waals surface area contributed by atoms with Crippen LogP contribution in [0.2, 0.25) is 5.02 Å². The second kappa shape index (κ2) is 6.75. The summed E-state index contributed by atoms with van der Waals surface area (Å²) in [4.78, 5) is 23.5. The number of aliphatic carboxylic acids is 1. The molecule has 1 aromatic carbocycles. The van der Waals surface area contributed by atoms with E-state index in [4.69, 9.17) is 11.6 Å². The van der Waals surface area contributed by atoms with Crippen LogP contribution in [0, 0.1) is 12.3 Å². The number of hydrogen-bond donors (Lipinski definition) is 2. The number of halogens is 1. The zero-order chi connectivity index (χ0) is 15.3. The van der Waals surface area contributed by atoms with Gasteiger partial charge in [-0.15, -0.1) is 0 Å². The molecule has 1 amide bonds. The minimum atomic E-state index is -1.00. The first kappa shape index (κ1) is 16.5. The number of anilines is 1. The molecule has 0 aliphatic heterocycles. The molecule has 2 N–H and O–H groups in total. The Morgan fingerprint density at radius 1 is 1.30 bits per heavy atom. The summed E-state index contributed by atoms with van der Waals surface area (Å²) in [5, 5.41) is 12.6. The van der Waals surface area contributed by atoms with Crippen LogP contribution in [0.1, 0.15) is 38.7 Å². The fourth-order valence-corrected chi connectivity index (χ4v) is 2.30. The molecule has 1 aromatic rings. The molecular weight excluding hydrogens is 278 g/mol. The third-order valence-corrected chi connectivity index (χ3v) is 4.26. The van der Waals surface area contributed by atoms with Gasteiger partial charge in [-0.25, -0.2) is 0 Å². The van der Waals surface area contributed by atoms with E-state index in [1.165, 1.54) is 0 Å². The van der Waals surface area contributed by atoms with Crippen LogP contribution in [0.4, 0.5) is 5.69 Å². The number of carboxylic acid groups (broad SMARTS) is 1. The van der Waals surface area contributed by atoms with Crippen molar-refractivity contribution in [3.8, 4) is 0 Å². The maximum atomic E-state index is 12.1. The van der Waals surface area contributed by atoms with E-state index in [-0.39, 0.29) is 12.3 Å². The summed E-state index contributed by atoms with van der Waals surface area (Å²) in [6.07, 6.45) is 0.794. The minimum Gasteiger partial charge on any atom is -0.481 e. The molecule has 110 valence electrons. The van der Waals surface area contributed by atoms with Crippen LogP contribution in [0.3, 0.4) is 0 Å². The van der Waals surface area contributed by atoms with E-state index in [1.54, 1.807) is 32.0 Å². The smallest absolute Gasteiger partial charge is 0.310 e. The van der Waals surface area contributed by atoms with Gasteiger partial charge < -0.3 is 10.4 Å². The Morgan fingerprint density at radius 3 is 2.40 bits per heavy atom. The van der Waals surface area contributed by atoms with Crippen LogP contribution >= 0.6 is 11.6 Å². The van der Waals surface area contributed by atoms with Crippen molar-refractivity contribution in [3.63, 3.8) is 0 Å². The van der Waals surface area contributed by atoms with Gasteiger partial charge in [0.25, 0.3) is 0 Å². The van der Waals surface area contributed by atoms with Crippen molar-refractivity contribution in [2.45, 2.75) is 40.0 Å². The zero-order valence-electron chi connectivity index (χ0n) is 12.0. The van der Waals surface area contributed by atoms with Crippen molar-refractivity contribution in [2.75, 3.05) is 5.32 Å². The lowest BCUT2D eigenvalue weighted by Crippen LogP contribution is -2.34. The van der Waals surface area contributed by atoms with Gasteiger partial charge in [0.15, 0.2) is 0 Å². The fraction of sp³-hybridized carbons (Fsp3) is 0.467. The summed E-state index contributed by atoms with van der Waals surface area (Å²) in [5.41, 5.74) is 0.391. The number of benzene rings is 1. The Hall–Kier alpha value is -1.55. The molecule has 1 rings (SSSR count). The summed E-state index contributed by atoms with van der Waals surface area (Å²) >= 11 is 5.99. The number of hydrogen-bond acceptors (Lipinski definition) is 2. The van der Waals surface area contributed by atoms with E-state index in [1.807, 2.05) is 6.92 Å². The molecule has 4 nitrogen and oxygen atoms in total. The van der Waals surface area contributed by atoms with Crippen LogP contribution in [0.15, 0.2) is 18.2 Å². The second-order valence-corrected chi connectivity index (χ2v) is 5.34. The number of nitrogens with one attached hydrogen (secondary N) is 1. The molecule has 0 bridgehead atoms. The van der Waals surface area contributed by atoms with Crippen molar-refractivity contribution in [1.29, 1.82) is 0 Å². The lowest BCUT2D eigenvalue weighted by Gasteiger charge is -2.26. The average Bonchev–Trinajstić information content (AvgIpc) is 2.41. The molecule has 0 saturated heterocycles. The van der Waals surface area contributed by atoms with Crippen LogP contribution in [0.5, 0.6) is 0 Å². The standard InChI is InChI=1S/C15H20ClNO3/c1-4-15(5-2,14(19)20)9-13(18)17-12-8-6-7-11(16)10(12)3/h6-8H,4-5,9H2,1-3H3,(H,17,18)(H,19,20). The highest BCUT2D eigenvalue weighted by Crippen LogP contribution is 2.32. The number of carbonyl (C=O) groups is 2. The molecule has 0 aliphatic carbocycles. The van der Waals surface area contributed by atoms with Gasteiger partial charge in [-0.1, -0.05) is 31.5 Å². The Morgan fingerprint density at radius 2 is 1.90 bits per heavy atom. The summed E-state index contributed by atoms with van der Waals surface area (Å²) < 4.78 is 0. The third-order valence-electron chi connectivity index (χ3n) is 3.85. The van der Waals surface area contributed by atoms with Gasteiger partial charge in [0.2, 0.25) is 5.91 Å². The Balaban J connectivity index is 2.86. The number of rotatable bonds is 6. The highest BCUT2D eigenvalue weighted by Gasteiger charge is 2.37. The number of carbonyl (C=O) groups excluding carboxylic acids is 1. The molecule has 0 radical (unpaired) electrons. The molecule has 0 heterocycles. The summed E-state index contributed by atoms with van der Waals surface area (Å²) in [7, 11) is 0. The normalized spacial score (nSPS) is 11.2. The summed E-state index contributed by atoms with van der Waals surface area (Å²) in [6, 6.07) is 5.24. The minimum absolute atomic E-state index is 0.0404. The van der Waals surface area contributed by atoms with Gasteiger partial charge in [0, 0.05) is 17.1 Å². The molecule has 0 unspecified atom stereocenters. The van der Waals surface area contributed by atoms with Crippen molar-refractivity contribution >= 4 is 29.2 Å². The second-order valence-electron chi connectivity index (χ2n) is 4.93. The van der Waals surface area contributed by atoms with Gasteiger partial charge in [0.1, 0.15) is 0 Å². The molecule has 0 fully saturated rings. The largest absolute Gasteiger partial charge is 0.481 e. The number of amides is 1. The maximum absolute atomic E-state index is 12.1. The van der Waals surface area contributed by atoms with Gasteiger partial charge in [-0.2, -0.15) is 0 Å². The van der Waals surface area contributed by atoms with Gasteiger partial charge in [-0.05, 0) is 37.5 Å². The zero-order valence-corrected chi connectivity index (χ0v) is 12.8. The molecule has 0 spiro atoms. The van der Waals surface area contributed by atoms with E-state index in [9.17, 15) is 14.7 Å². The molecular formula is C15H20ClNO3. The average molecular weight is 298 g/mol. The van der Waals surface area contributed by atoms with Crippen molar-refractivity contribution < 1.29 is 14.7 Å². The Labute approximate surface area is 124 Å². The highest BCUT2D eigenvalue weighted by molar-refractivity contribution is 6.31. The quantitative estimate of drug-likeness (QED) is 0.837. The SMILES string of the molecule is CCC(CC)(CC(=O)Nc1cccc(Cl)c1C)C(=O)O. The molecule has 0 saturated carbocycles. The Bertz CT molecular complexity index is 510. The molecule has 0 aliphatic rings. The van der Waals surface area contributed by atoms with E-state index in [2.05, 4.69) is 5.32 Å². The van der Waals surface area contributed by atoms with Crippen LogP contribution < -0.4 is 5.32 Å². The molecule has 5 heteroatoms. The predicted octanol–water partition coefficient (Wildman–Crippen LogP) is 3.87. The lowest BCUT2D eigenvalue weighted by molar-refractivity contribution is -0.151. The van der Waals surface area contributed by atoms with Gasteiger partial charge >= 0.3 is 5.97 Å². The van der Waals surface area contributed by atoms with E-state index < -0.39 is 11.4 Å². The fourth-order valence-electron chi connectivity index (χ4n) is 2.12. The lowest BCUT2D eigenvalue weighted by atomic mass is 9.79. The molecule has 20 heavy (non-hydrogen) atoms. The highest BCUT2D eigenvalue weighted by atomic mass is 35.5. The molecule has 0 atom stereocenters. The third kappa shape index (κ3) is 3.51. The first-order chi connectivity index (χ1) is 9.36. The van der Waals surface area contributed by atoms with Crippen LogP contribution in [0.25, 0.3) is 0 Å². The van der Waals surface area contributed by atoms with Crippen LogP contribution in [-0.4, -0.2) is 17.0 Å². The van der Waals surface area contributed by atoms with E-state index in [0.717, 1.165) is 5.56 Å². The van der Waals surface area contributed by atoms with Crippen molar-refractivity contribution in [3.05, 3.63) is 28.8 Å². The maximum Gasteiger partial charge on any atom is 0.310 e. The van der Waals surface area contributed by atoms with Crippen molar-refractivity contribution in [1.82, 2.24) is 0 Å². The monoisotopic (exact) mass is 297 g/mol. The number of carboxylic acids is 1.